The molecule has 0 aromatic heterocycles. The van der Waals surface area contributed by atoms with Crippen molar-refractivity contribution in [3.8, 4) is 0 Å². The van der Waals surface area contributed by atoms with Crippen LogP contribution in [0.15, 0.2) is 53.9 Å². The van der Waals surface area contributed by atoms with Crippen LogP contribution in [0.25, 0.3) is 6.08 Å². The molecule has 0 unspecified atom stereocenters. The summed E-state index contributed by atoms with van der Waals surface area (Å²) in [7, 11) is -3.59. The summed E-state index contributed by atoms with van der Waals surface area (Å²) in [6.07, 6.45) is 1.54. The van der Waals surface area contributed by atoms with Crippen LogP contribution in [-0.4, -0.2) is 13.5 Å². The number of hydrogen-bond donors (Lipinski definition) is 2. The first-order valence-electron chi connectivity index (χ1n) is 6.46. The van der Waals surface area contributed by atoms with Crippen molar-refractivity contribution in [2.45, 2.75) is 13.5 Å². The van der Waals surface area contributed by atoms with Gasteiger partial charge in [0.1, 0.15) is 0 Å². The van der Waals surface area contributed by atoms with Crippen LogP contribution in [0.3, 0.4) is 0 Å². The molecule has 4 nitrogen and oxygen atoms in total. The van der Waals surface area contributed by atoms with E-state index in [9.17, 15) is 8.42 Å². The predicted molar refractivity (Wildman–Crippen MR) is 85.1 cm³/mol. The zero-order valence-corrected chi connectivity index (χ0v) is 12.5. The minimum atomic E-state index is -3.59. The molecule has 110 valence electrons. The highest BCUT2D eigenvalue weighted by molar-refractivity contribution is 7.95. The van der Waals surface area contributed by atoms with Crippen LogP contribution in [0.4, 0.5) is 5.69 Å². The summed E-state index contributed by atoms with van der Waals surface area (Å²) in [4.78, 5) is 0. The second-order valence-corrected chi connectivity index (χ2v) is 6.23. The molecule has 0 aliphatic carbocycles. The minimum absolute atomic E-state index is 0.130. The normalized spacial score (nSPS) is 11.7. The SMILES string of the molecule is Cc1ccc(CO)cc1NS(=O)(=O)/C=C/c1ccccc1. The molecule has 2 rings (SSSR count). The Hall–Kier alpha value is -2.11. The van der Waals surface area contributed by atoms with Crippen LogP contribution in [0.1, 0.15) is 16.7 Å². The quantitative estimate of drug-likeness (QED) is 0.892. The number of anilines is 1. The standard InChI is InChI=1S/C16H17NO3S/c1-13-7-8-15(12-18)11-16(13)17-21(19,20)10-9-14-5-3-2-4-6-14/h2-11,17-18H,12H2,1H3/b10-9+. The molecule has 5 heteroatoms. The molecule has 0 heterocycles. The van der Waals surface area contributed by atoms with Gasteiger partial charge in [0.25, 0.3) is 10.0 Å². The van der Waals surface area contributed by atoms with Crippen LogP contribution >= 0.6 is 0 Å². The fourth-order valence-corrected chi connectivity index (χ4v) is 2.73. The van der Waals surface area contributed by atoms with E-state index in [1.807, 2.05) is 30.3 Å². The van der Waals surface area contributed by atoms with Gasteiger partial charge in [0, 0.05) is 0 Å². The zero-order valence-electron chi connectivity index (χ0n) is 11.7. The molecule has 2 N–H and O–H groups in total. The van der Waals surface area contributed by atoms with Gasteiger partial charge in [0.05, 0.1) is 17.7 Å². The van der Waals surface area contributed by atoms with E-state index in [0.717, 1.165) is 16.5 Å². The van der Waals surface area contributed by atoms with Gasteiger partial charge in [0.15, 0.2) is 0 Å². The summed E-state index contributed by atoms with van der Waals surface area (Å²) >= 11 is 0. The van der Waals surface area contributed by atoms with Gasteiger partial charge in [-0.15, -0.1) is 0 Å². The number of aliphatic hydroxyl groups excluding tert-OH is 1. The van der Waals surface area contributed by atoms with Gasteiger partial charge in [-0.05, 0) is 35.8 Å². The van der Waals surface area contributed by atoms with Crippen LogP contribution in [0.2, 0.25) is 0 Å². The molecule has 0 spiro atoms. The van der Waals surface area contributed by atoms with Gasteiger partial charge in [-0.1, -0.05) is 42.5 Å². The second kappa shape index (κ2) is 6.56. The van der Waals surface area contributed by atoms with Gasteiger partial charge in [0.2, 0.25) is 0 Å². The van der Waals surface area contributed by atoms with E-state index in [-0.39, 0.29) is 6.61 Å². The Morgan fingerprint density at radius 3 is 2.52 bits per heavy atom. The van der Waals surface area contributed by atoms with Crippen molar-refractivity contribution in [3.63, 3.8) is 0 Å². The van der Waals surface area contributed by atoms with E-state index >= 15 is 0 Å². The molecule has 0 bridgehead atoms. The zero-order chi connectivity index (χ0) is 15.3. The molecule has 21 heavy (non-hydrogen) atoms. The number of aliphatic hydroxyl groups is 1. The maximum Gasteiger partial charge on any atom is 0.255 e. The average molecular weight is 303 g/mol. The lowest BCUT2D eigenvalue weighted by atomic mass is 10.1. The smallest absolute Gasteiger partial charge is 0.255 e. The molecule has 0 aliphatic heterocycles. The van der Waals surface area contributed by atoms with Gasteiger partial charge >= 0.3 is 0 Å². The first-order chi connectivity index (χ1) is 10.00. The molecule has 0 saturated carbocycles. The Bertz CT molecular complexity index is 737. The Morgan fingerprint density at radius 1 is 1.14 bits per heavy atom. The summed E-state index contributed by atoms with van der Waals surface area (Å²) < 4.78 is 26.6. The van der Waals surface area contributed by atoms with Crippen LogP contribution in [-0.2, 0) is 16.6 Å². The van der Waals surface area contributed by atoms with Crippen LogP contribution < -0.4 is 4.72 Å². The van der Waals surface area contributed by atoms with E-state index in [0.29, 0.717) is 11.3 Å². The van der Waals surface area contributed by atoms with Crippen molar-refractivity contribution in [1.82, 2.24) is 0 Å². The molecule has 2 aromatic rings. The maximum atomic E-state index is 12.1. The number of benzene rings is 2. The second-order valence-electron chi connectivity index (χ2n) is 4.67. The monoisotopic (exact) mass is 303 g/mol. The minimum Gasteiger partial charge on any atom is -0.392 e. The third kappa shape index (κ3) is 4.44. The van der Waals surface area contributed by atoms with Gasteiger partial charge in [-0.2, -0.15) is 0 Å². The number of rotatable bonds is 5. The lowest BCUT2D eigenvalue weighted by molar-refractivity contribution is 0.282. The molecule has 0 amide bonds. The molecule has 0 fully saturated rings. The number of hydrogen-bond acceptors (Lipinski definition) is 3. The first kappa shape index (κ1) is 15.3. The van der Waals surface area contributed by atoms with Crippen molar-refractivity contribution in [2.75, 3.05) is 4.72 Å². The van der Waals surface area contributed by atoms with Gasteiger partial charge < -0.3 is 5.11 Å². The Morgan fingerprint density at radius 2 is 1.86 bits per heavy atom. The van der Waals surface area contributed by atoms with Crippen molar-refractivity contribution in [2.24, 2.45) is 0 Å². The van der Waals surface area contributed by atoms with Crippen molar-refractivity contribution in [1.29, 1.82) is 0 Å². The van der Waals surface area contributed by atoms with Crippen molar-refractivity contribution in [3.05, 3.63) is 70.6 Å². The molecule has 0 aliphatic rings. The first-order valence-corrected chi connectivity index (χ1v) is 8.01. The predicted octanol–water partition coefficient (Wildman–Crippen LogP) is 2.90. The van der Waals surface area contributed by atoms with E-state index in [2.05, 4.69) is 4.72 Å². The van der Waals surface area contributed by atoms with Crippen LogP contribution in [0.5, 0.6) is 0 Å². The van der Waals surface area contributed by atoms with E-state index in [1.165, 1.54) is 6.08 Å². The topological polar surface area (TPSA) is 66.4 Å². The summed E-state index contributed by atoms with van der Waals surface area (Å²) in [5, 5.41) is 10.2. The molecular formula is C16H17NO3S. The third-order valence-corrected chi connectivity index (χ3v) is 3.97. The van der Waals surface area contributed by atoms with E-state index in [4.69, 9.17) is 5.11 Å². The molecule has 0 atom stereocenters. The van der Waals surface area contributed by atoms with Crippen molar-refractivity contribution >= 4 is 21.8 Å². The molecule has 0 saturated heterocycles. The van der Waals surface area contributed by atoms with Gasteiger partial charge in [-0.25, -0.2) is 8.42 Å². The van der Waals surface area contributed by atoms with Crippen molar-refractivity contribution < 1.29 is 13.5 Å². The Labute approximate surface area is 124 Å². The highest BCUT2D eigenvalue weighted by Gasteiger charge is 2.08. The Balaban J connectivity index is 2.20. The highest BCUT2D eigenvalue weighted by Crippen LogP contribution is 2.19. The molecular weight excluding hydrogens is 286 g/mol. The lowest BCUT2D eigenvalue weighted by Crippen LogP contribution is -2.10. The van der Waals surface area contributed by atoms with Crippen LogP contribution in [0, 0.1) is 6.92 Å². The van der Waals surface area contributed by atoms with E-state index < -0.39 is 10.0 Å². The number of nitrogens with one attached hydrogen (secondary N) is 1. The maximum absolute atomic E-state index is 12.1. The Kier molecular flexibility index (Phi) is 4.77. The fourth-order valence-electron chi connectivity index (χ4n) is 1.80. The molecule has 0 radical (unpaired) electrons. The number of sulfonamides is 1. The summed E-state index contributed by atoms with van der Waals surface area (Å²) in [6, 6.07) is 14.4. The summed E-state index contributed by atoms with van der Waals surface area (Å²) in [5.41, 5.74) is 2.73. The van der Waals surface area contributed by atoms with E-state index in [1.54, 1.807) is 25.1 Å². The summed E-state index contributed by atoms with van der Waals surface area (Å²) in [5.74, 6) is 0. The lowest BCUT2D eigenvalue weighted by Gasteiger charge is -2.09. The largest absolute Gasteiger partial charge is 0.392 e. The highest BCUT2D eigenvalue weighted by atomic mass is 32.2. The number of aryl methyl sites for hydroxylation is 1. The molecule has 2 aromatic carbocycles. The average Bonchev–Trinajstić information content (AvgIpc) is 2.48. The third-order valence-electron chi connectivity index (χ3n) is 2.98. The fraction of sp³-hybridized carbons (Fsp3) is 0.125. The van der Waals surface area contributed by atoms with Gasteiger partial charge in [-0.3, -0.25) is 4.72 Å². The summed E-state index contributed by atoms with van der Waals surface area (Å²) in [6.45, 7) is 1.68.